The van der Waals surface area contributed by atoms with Crippen LogP contribution in [0.1, 0.15) is 32.3 Å². The molecule has 20 heavy (non-hydrogen) atoms. The van der Waals surface area contributed by atoms with Crippen molar-refractivity contribution >= 4 is 0 Å². The molecule has 0 amide bonds. The molecule has 1 aromatic carbocycles. The van der Waals surface area contributed by atoms with E-state index in [9.17, 15) is 0 Å². The van der Waals surface area contributed by atoms with Crippen LogP contribution in [0.25, 0.3) is 0 Å². The number of hydrogen-bond acceptors (Lipinski definition) is 4. The maximum absolute atomic E-state index is 8.80. The molecule has 0 unspecified atom stereocenters. The Morgan fingerprint density at radius 1 is 1.25 bits per heavy atom. The average molecular weight is 281 g/mol. The predicted octanol–water partition coefficient (Wildman–Crippen LogP) is 2.59. The van der Waals surface area contributed by atoms with Crippen LogP contribution in [0.5, 0.6) is 11.5 Å². The third-order valence-electron chi connectivity index (χ3n) is 2.95. The maximum Gasteiger partial charge on any atom is 0.165 e. The number of aliphatic hydroxyl groups is 1. The number of para-hydroxylation sites is 1. The Bertz CT molecular complexity index is 380. The van der Waals surface area contributed by atoms with Crippen molar-refractivity contribution in [1.29, 1.82) is 0 Å². The van der Waals surface area contributed by atoms with Crippen LogP contribution in [0, 0.1) is 5.92 Å². The van der Waals surface area contributed by atoms with E-state index in [0.29, 0.717) is 12.5 Å². The van der Waals surface area contributed by atoms with Gasteiger partial charge in [0.25, 0.3) is 0 Å². The highest BCUT2D eigenvalue weighted by Crippen LogP contribution is 2.31. The van der Waals surface area contributed by atoms with Crippen molar-refractivity contribution in [2.24, 2.45) is 5.92 Å². The third kappa shape index (κ3) is 5.80. The molecule has 0 saturated heterocycles. The molecule has 0 heterocycles. The van der Waals surface area contributed by atoms with Crippen molar-refractivity contribution in [2.75, 3.05) is 26.9 Å². The van der Waals surface area contributed by atoms with E-state index in [1.807, 2.05) is 12.1 Å². The third-order valence-corrected chi connectivity index (χ3v) is 2.95. The fourth-order valence-electron chi connectivity index (χ4n) is 1.91. The average Bonchev–Trinajstić information content (AvgIpc) is 2.44. The highest BCUT2D eigenvalue weighted by Gasteiger charge is 2.10. The monoisotopic (exact) mass is 281 g/mol. The van der Waals surface area contributed by atoms with E-state index in [1.165, 1.54) is 0 Å². The zero-order valence-electron chi connectivity index (χ0n) is 12.8. The zero-order valence-corrected chi connectivity index (χ0v) is 12.8. The van der Waals surface area contributed by atoms with Crippen molar-refractivity contribution in [2.45, 2.75) is 33.2 Å². The van der Waals surface area contributed by atoms with Crippen LogP contribution < -0.4 is 14.8 Å². The van der Waals surface area contributed by atoms with E-state index >= 15 is 0 Å². The molecule has 0 fully saturated rings. The van der Waals surface area contributed by atoms with Gasteiger partial charge in [-0.3, -0.25) is 0 Å². The lowest BCUT2D eigenvalue weighted by molar-refractivity contribution is 0.246. The topological polar surface area (TPSA) is 50.7 Å². The molecule has 0 saturated carbocycles. The minimum Gasteiger partial charge on any atom is -0.493 e. The van der Waals surface area contributed by atoms with E-state index in [0.717, 1.165) is 43.0 Å². The highest BCUT2D eigenvalue weighted by molar-refractivity contribution is 5.46. The first-order chi connectivity index (χ1) is 9.69. The van der Waals surface area contributed by atoms with Crippen LogP contribution >= 0.6 is 0 Å². The lowest BCUT2D eigenvalue weighted by atomic mass is 10.1. The van der Waals surface area contributed by atoms with Gasteiger partial charge in [-0.15, -0.1) is 0 Å². The van der Waals surface area contributed by atoms with Crippen molar-refractivity contribution in [1.82, 2.24) is 5.32 Å². The number of methoxy groups -OCH3 is 1. The van der Waals surface area contributed by atoms with Gasteiger partial charge in [0.15, 0.2) is 11.5 Å². The summed E-state index contributed by atoms with van der Waals surface area (Å²) in [7, 11) is 1.65. The number of hydrogen-bond donors (Lipinski definition) is 2. The number of ether oxygens (including phenoxy) is 2. The number of nitrogens with one attached hydrogen (secondary N) is 1. The number of benzene rings is 1. The molecule has 0 spiro atoms. The molecule has 0 atom stereocenters. The summed E-state index contributed by atoms with van der Waals surface area (Å²) in [5, 5.41) is 12.2. The van der Waals surface area contributed by atoms with E-state index in [4.69, 9.17) is 14.6 Å². The molecular weight excluding hydrogens is 254 g/mol. The summed E-state index contributed by atoms with van der Waals surface area (Å²) in [6.07, 6.45) is 1.60. The Kier molecular flexibility index (Phi) is 8.07. The van der Waals surface area contributed by atoms with E-state index in [-0.39, 0.29) is 6.61 Å². The van der Waals surface area contributed by atoms with Gasteiger partial charge in [-0.2, -0.15) is 0 Å². The molecule has 4 heteroatoms. The molecule has 0 aliphatic carbocycles. The first kappa shape index (κ1) is 16.8. The SMILES string of the molecule is COc1cccc(CNCC(C)C)c1OCCCCO. The van der Waals surface area contributed by atoms with Gasteiger partial charge in [-0.1, -0.05) is 26.0 Å². The van der Waals surface area contributed by atoms with Crippen LogP contribution in [-0.2, 0) is 6.54 Å². The van der Waals surface area contributed by atoms with Gasteiger partial charge >= 0.3 is 0 Å². The normalized spacial score (nSPS) is 10.8. The van der Waals surface area contributed by atoms with Gasteiger partial charge in [0.05, 0.1) is 13.7 Å². The molecule has 1 rings (SSSR count). The number of unbranched alkanes of at least 4 members (excludes halogenated alkanes) is 1. The van der Waals surface area contributed by atoms with Gasteiger partial charge in [0.2, 0.25) is 0 Å². The molecule has 2 N–H and O–H groups in total. The number of rotatable bonds is 10. The fraction of sp³-hybridized carbons (Fsp3) is 0.625. The molecule has 1 aromatic rings. The second-order valence-corrected chi connectivity index (χ2v) is 5.25. The summed E-state index contributed by atoms with van der Waals surface area (Å²) in [4.78, 5) is 0. The fourth-order valence-corrected chi connectivity index (χ4v) is 1.91. The summed E-state index contributed by atoms with van der Waals surface area (Å²) in [5.74, 6) is 2.19. The van der Waals surface area contributed by atoms with Crippen LogP contribution in [0.2, 0.25) is 0 Å². The van der Waals surface area contributed by atoms with Crippen LogP contribution in [0.4, 0.5) is 0 Å². The minimum atomic E-state index is 0.206. The van der Waals surface area contributed by atoms with Crippen molar-refractivity contribution in [3.63, 3.8) is 0 Å². The second-order valence-electron chi connectivity index (χ2n) is 5.25. The quantitative estimate of drug-likeness (QED) is 0.647. The van der Waals surface area contributed by atoms with Crippen LogP contribution in [-0.4, -0.2) is 32.0 Å². The summed E-state index contributed by atoms with van der Waals surface area (Å²) in [6, 6.07) is 5.94. The second kappa shape index (κ2) is 9.61. The Labute approximate surface area is 122 Å². The standard InChI is InChI=1S/C16H27NO3/c1-13(2)11-17-12-14-7-6-8-15(19-3)16(14)20-10-5-4-9-18/h6-8,13,17-18H,4-5,9-12H2,1-3H3. The Balaban J connectivity index is 2.65. The molecule has 0 aliphatic rings. The molecule has 0 aliphatic heterocycles. The van der Waals surface area contributed by atoms with Gasteiger partial charge in [-0.25, -0.2) is 0 Å². The maximum atomic E-state index is 8.80. The van der Waals surface area contributed by atoms with Gasteiger partial charge in [-0.05, 0) is 31.4 Å². The first-order valence-electron chi connectivity index (χ1n) is 7.29. The summed E-state index contributed by atoms with van der Waals surface area (Å²) in [5.41, 5.74) is 1.11. The Morgan fingerprint density at radius 2 is 2.05 bits per heavy atom. The van der Waals surface area contributed by atoms with Gasteiger partial charge in [0.1, 0.15) is 0 Å². The van der Waals surface area contributed by atoms with Crippen molar-refractivity contribution < 1.29 is 14.6 Å². The Hall–Kier alpha value is -1.26. The van der Waals surface area contributed by atoms with Crippen LogP contribution in [0.3, 0.4) is 0 Å². The molecule has 0 bridgehead atoms. The van der Waals surface area contributed by atoms with E-state index in [1.54, 1.807) is 7.11 Å². The first-order valence-corrected chi connectivity index (χ1v) is 7.29. The molecule has 4 nitrogen and oxygen atoms in total. The highest BCUT2D eigenvalue weighted by atomic mass is 16.5. The van der Waals surface area contributed by atoms with Gasteiger partial charge in [0, 0.05) is 18.7 Å². The lowest BCUT2D eigenvalue weighted by Crippen LogP contribution is -2.19. The van der Waals surface area contributed by atoms with Crippen LogP contribution in [0.15, 0.2) is 18.2 Å². The Morgan fingerprint density at radius 3 is 2.70 bits per heavy atom. The summed E-state index contributed by atoms with van der Waals surface area (Å²) >= 11 is 0. The lowest BCUT2D eigenvalue weighted by Gasteiger charge is -2.16. The molecule has 0 radical (unpaired) electrons. The predicted molar refractivity (Wildman–Crippen MR) is 81.4 cm³/mol. The smallest absolute Gasteiger partial charge is 0.165 e. The minimum absolute atomic E-state index is 0.206. The van der Waals surface area contributed by atoms with Crippen molar-refractivity contribution in [3.05, 3.63) is 23.8 Å². The summed E-state index contributed by atoms with van der Waals surface area (Å²) in [6.45, 7) is 6.91. The number of aliphatic hydroxyl groups excluding tert-OH is 1. The molecular formula is C16H27NO3. The summed E-state index contributed by atoms with van der Waals surface area (Å²) < 4.78 is 11.2. The molecule has 114 valence electrons. The molecule has 0 aromatic heterocycles. The van der Waals surface area contributed by atoms with Gasteiger partial charge < -0.3 is 19.9 Å². The zero-order chi connectivity index (χ0) is 14.8. The van der Waals surface area contributed by atoms with E-state index in [2.05, 4.69) is 25.2 Å². The van der Waals surface area contributed by atoms with E-state index < -0.39 is 0 Å². The van der Waals surface area contributed by atoms with Crippen molar-refractivity contribution in [3.8, 4) is 11.5 Å². The largest absolute Gasteiger partial charge is 0.493 e.